The van der Waals surface area contributed by atoms with E-state index < -0.39 is 47.0 Å². The molecule has 0 aliphatic carbocycles. The van der Waals surface area contributed by atoms with Gasteiger partial charge in [0.05, 0.1) is 18.1 Å². The molecule has 4 aliphatic rings. The number of carboxylic acid groups (broad SMARTS) is 1. The first-order valence-electron chi connectivity index (χ1n) is 16.9. The quantitative estimate of drug-likeness (QED) is 0.371. The van der Waals surface area contributed by atoms with Crippen molar-refractivity contribution >= 4 is 17.6 Å². The molecule has 0 bridgehead atoms. The number of carbonyl (C=O) groups excluding carboxylic acids is 1. The highest BCUT2D eigenvalue weighted by Crippen LogP contribution is 2.46. The van der Waals surface area contributed by atoms with Crippen molar-refractivity contribution in [2.75, 3.05) is 71.1 Å². The topological polar surface area (TPSA) is 82.6 Å². The van der Waals surface area contributed by atoms with Crippen molar-refractivity contribution in [2.24, 2.45) is 11.8 Å². The summed E-state index contributed by atoms with van der Waals surface area (Å²) >= 11 is 0. The average molecular weight is 676 g/mol. The number of anilines is 1. The third-order valence-corrected chi connectivity index (χ3v) is 11.0. The van der Waals surface area contributed by atoms with Crippen LogP contribution in [0.15, 0.2) is 42.5 Å². The Bertz CT molecular complexity index is 1460. The number of piperidine rings is 1. The van der Waals surface area contributed by atoms with Crippen LogP contribution in [0.5, 0.6) is 0 Å². The zero-order chi connectivity index (χ0) is 34.2. The molecule has 0 aromatic heterocycles. The third kappa shape index (κ3) is 6.93. The van der Waals surface area contributed by atoms with Crippen molar-refractivity contribution < 1.29 is 41.7 Å². The van der Waals surface area contributed by atoms with Crippen molar-refractivity contribution in [2.45, 2.75) is 62.3 Å². The Morgan fingerprint density at radius 2 is 1.69 bits per heavy atom. The molecule has 2 aromatic rings. The maximum absolute atomic E-state index is 17.6. The van der Waals surface area contributed by atoms with Gasteiger partial charge < -0.3 is 24.4 Å². The van der Waals surface area contributed by atoms with Crippen molar-refractivity contribution in [3.63, 3.8) is 0 Å². The van der Waals surface area contributed by atoms with Gasteiger partial charge in [-0.15, -0.1) is 0 Å². The number of aliphatic carboxylic acids is 1. The van der Waals surface area contributed by atoms with Crippen molar-refractivity contribution in [1.29, 1.82) is 0 Å². The number of benzene rings is 2. The summed E-state index contributed by atoms with van der Waals surface area (Å²) in [4.78, 5) is 31.6. The lowest BCUT2D eigenvalue weighted by Crippen LogP contribution is -2.50. The second-order valence-corrected chi connectivity index (χ2v) is 14.0. The SMILES string of the molecule is COC[C@H]1CN(C(=O)[C@]2(F)CN(C3CCOCC3)C[C@H]2c2ccc(C)cc2)C[C@@H]1c1ccc(C(F)(F)F)cc1N1CCC(C(=O)O)CC1. The van der Waals surface area contributed by atoms with E-state index in [0.29, 0.717) is 56.9 Å². The smallest absolute Gasteiger partial charge is 0.416 e. The summed E-state index contributed by atoms with van der Waals surface area (Å²) in [5.41, 5.74) is -0.163. The minimum absolute atomic E-state index is 0.0325. The van der Waals surface area contributed by atoms with Crippen LogP contribution in [0.4, 0.5) is 23.2 Å². The number of hydrogen-bond acceptors (Lipinski definition) is 6. The lowest BCUT2D eigenvalue weighted by Gasteiger charge is -2.35. The number of amides is 1. The number of alkyl halides is 4. The van der Waals surface area contributed by atoms with E-state index in [0.717, 1.165) is 36.1 Å². The molecule has 0 saturated carbocycles. The molecule has 1 amide bonds. The molecular weight excluding hydrogens is 630 g/mol. The van der Waals surface area contributed by atoms with Crippen LogP contribution in [0.1, 0.15) is 59.8 Å². The summed E-state index contributed by atoms with van der Waals surface area (Å²) in [6.45, 7) is 4.71. The first kappa shape index (κ1) is 34.6. The van der Waals surface area contributed by atoms with Gasteiger partial charge in [0.2, 0.25) is 5.67 Å². The molecule has 2 aromatic carbocycles. The minimum atomic E-state index is -4.57. The Labute approximate surface area is 279 Å². The fraction of sp³-hybridized carbons (Fsp3) is 0.611. The number of likely N-dealkylation sites (tertiary alicyclic amines) is 2. The molecule has 1 N–H and O–H groups in total. The fourth-order valence-electron chi connectivity index (χ4n) is 8.27. The normalized spacial score (nSPS) is 27.9. The van der Waals surface area contributed by atoms with Crippen LogP contribution in [0.25, 0.3) is 0 Å². The van der Waals surface area contributed by atoms with Gasteiger partial charge in [-0.3, -0.25) is 14.5 Å². The average Bonchev–Trinajstić information content (AvgIpc) is 3.66. The Kier molecular flexibility index (Phi) is 10.1. The zero-order valence-electron chi connectivity index (χ0n) is 27.6. The summed E-state index contributed by atoms with van der Waals surface area (Å²) in [7, 11) is 1.54. The van der Waals surface area contributed by atoms with Gasteiger partial charge in [0.15, 0.2) is 0 Å². The van der Waals surface area contributed by atoms with E-state index in [9.17, 15) is 27.9 Å². The standard InChI is InChI=1S/C36H45F4N3O5/c1-23-3-5-24(6-4-23)31-20-43(28-11-15-48-16-12-28)22-35(31,37)34(46)42-18-26(21-47-2)30(19-42)29-8-7-27(36(38,39)40)17-32(29)41-13-9-25(10-14-41)33(44)45/h3-8,17,25-26,28,30-31H,9-16,18-22H2,1-2H3,(H,44,45)/t26-,30+,31+,35+/m1/s1. The molecule has 48 heavy (non-hydrogen) atoms. The molecule has 4 aliphatic heterocycles. The van der Waals surface area contributed by atoms with Gasteiger partial charge in [-0.2, -0.15) is 13.2 Å². The summed E-state index contributed by atoms with van der Waals surface area (Å²) in [6, 6.07) is 11.5. The maximum atomic E-state index is 17.6. The van der Waals surface area contributed by atoms with E-state index in [-0.39, 0.29) is 38.2 Å². The van der Waals surface area contributed by atoms with Gasteiger partial charge in [0, 0.05) is 89.1 Å². The number of nitrogens with zero attached hydrogens (tertiary/aromatic N) is 3. The van der Waals surface area contributed by atoms with Crippen molar-refractivity contribution in [3.05, 3.63) is 64.7 Å². The second kappa shape index (κ2) is 14.0. The predicted octanol–water partition coefficient (Wildman–Crippen LogP) is 5.49. The number of hydrogen-bond donors (Lipinski definition) is 1. The van der Waals surface area contributed by atoms with Gasteiger partial charge >= 0.3 is 12.1 Å². The van der Waals surface area contributed by atoms with Gasteiger partial charge in [-0.1, -0.05) is 35.9 Å². The number of ether oxygens (including phenoxy) is 2. The molecule has 0 unspecified atom stereocenters. The molecule has 4 atom stereocenters. The molecule has 262 valence electrons. The molecule has 0 spiro atoms. The highest BCUT2D eigenvalue weighted by molar-refractivity contribution is 5.88. The Balaban J connectivity index is 1.31. The monoisotopic (exact) mass is 675 g/mol. The highest BCUT2D eigenvalue weighted by atomic mass is 19.4. The summed E-state index contributed by atoms with van der Waals surface area (Å²) < 4.78 is 70.5. The maximum Gasteiger partial charge on any atom is 0.416 e. The van der Waals surface area contributed by atoms with E-state index in [1.807, 2.05) is 36.1 Å². The first-order chi connectivity index (χ1) is 22.9. The Morgan fingerprint density at radius 1 is 1.00 bits per heavy atom. The molecule has 0 radical (unpaired) electrons. The predicted molar refractivity (Wildman–Crippen MR) is 172 cm³/mol. The Morgan fingerprint density at radius 3 is 2.31 bits per heavy atom. The lowest BCUT2D eigenvalue weighted by molar-refractivity contribution is -0.143. The molecule has 4 heterocycles. The third-order valence-electron chi connectivity index (χ3n) is 11.0. The number of halogens is 4. The number of carboxylic acids is 1. The van der Waals surface area contributed by atoms with Crippen molar-refractivity contribution in [3.8, 4) is 0 Å². The minimum Gasteiger partial charge on any atom is -0.481 e. The molecule has 6 rings (SSSR count). The van der Waals surface area contributed by atoms with Gasteiger partial charge in [0.1, 0.15) is 0 Å². The van der Waals surface area contributed by atoms with Crippen LogP contribution >= 0.6 is 0 Å². The largest absolute Gasteiger partial charge is 0.481 e. The Hall–Kier alpha value is -3.22. The number of methoxy groups -OCH3 is 1. The summed E-state index contributed by atoms with van der Waals surface area (Å²) in [5.74, 6) is -3.41. The summed E-state index contributed by atoms with van der Waals surface area (Å²) in [5, 5.41) is 9.49. The molecule has 8 nitrogen and oxygen atoms in total. The van der Waals surface area contributed by atoms with E-state index in [4.69, 9.17) is 9.47 Å². The van der Waals surface area contributed by atoms with Gasteiger partial charge in [-0.25, -0.2) is 4.39 Å². The fourth-order valence-corrected chi connectivity index (χ4v) is 8.27. The van der Waals surface area contributed by atoms with Crippen LogP contribution in [-0.4, -0.2) is 105 Å². The molecule has 12 heteroatoms. The lowest BCUT2D eigenvalue weighted by atomic mass is 9.85. The number of carbonyl (C=O) groups is 2. The van der Waals surface area contributed by atoms with Crippen LogP contribution in [0.3, 0.4) is 0 Å². The molecular formula is C36H45F4N3O5. The van der Waals surface area contributed by atoms with E-state index in [2.05, 4.69) is 4.90 Å². The number of aryl methyl sites for hydroxylation is 1. The van der Waals surface area contributed by atoms with Crippen molar-refractivity contribution in [1.82, 2.24) is 9.80 Å². The van der Waals surface area contributed by atoms with Crippen LogP contribution < -0.4 is 4.90 Å². The summed E-state index contributed by atoms with van der Waals surface area (Å²) in [6.07, 6.45) is -2.40. The van der Waals surface area contributed by atoms with E-state index in [1.165, 1.54) is 6.07 Å². The van der Waals surface area contributed by atoms with Gasteiger partial charge in [0.25, 0.3) is 5.91 Å². The number of rotatable bonds is 8. The highest BCUT2D eigenvalue weighted by Gasteiger charge is 2.57. The van der Waals surface area contributed by atoms with E-state index in [1.54, 1.807) is 12.0 Å². The first-order valence-corrected chi connectivity index (χ1v) is 16.9. The van der Waals surface area contributed by atoms with Crippen LogP contribution in [0, 0.1) is 18.8 Å². The van der Waals surface area contributed by atoms with Crippen LogP contribution in [-0.2, 0) is 25.2 Å². The zero-order valence-corrected chi connectivity index (χ0v) is 27.6. The second-order valence-electron chi connectivity index (χ2n) is 14.0. The van der Waals surface area contributed by atoms with Gasteiger partial charge in [-0.05, 0) is 55.9 Å². The molecule has 4 saturated heterocycles. The molecule has 4 fully saturated rings. The van der Waals surface area contributed by atoms with Crippen LogP contribution in [0.2, 0.25) is 0 Å². The van der Waals surface area contributed by atoms with E-state index >= 15 is 4.39 Å².